The number of aliphatic imine (C=N–C) groups is 1. The summed E-state index contributed by atoms with van der Waals surface area (Å²) in [6, 6.07) is 6.74. The number of rotatable bonds is 1. The summed E-state index contributed by atoms with van der Waals surface area (Å²) in [5.41, 5.74) is 0.869. The molecule has 116 valence electrons. The highest BCUT2D eigenvalue weighted by molar-refractivity contribution is 8.18. The predicted molar refractivity (Wildman–Crippen MR) is 87.7 cm³/mol. The molecule has 0 saturated carbocycles. The molecule has 0 spiro atoms. The van der Waals surface area contributed by atoms with Crippen molar-refractivity contribution in [1.29, 1.82) is 0 Å². The third-order valence-electron chi connectivity index (χ3n) is 3.49. The molecule has 5 nitrogen and oxygen atoms in total. The summed E-state index contributed by atoms with van der Waals surface area (Å²) in [7, 11) is 0. The van der Waals surface area contributed by atoms with E-state index >= 15 is 0 Å². The Morgan fingerprint density at radius 3 is 2.55 bits per heavy atom. The minimum atomic E-state index is -0.208. The minimum Gasteiger partial charge on any atom is -0.508 e. The van der Waals surface area contributed by atoms with E-state index in [2.05, 4.69) is 9.89 Å². The second kappa shape index (κ2) is 6.14. The lowest BCUT2D eigenvalue weighted by molar-refractivity contribution is -0.113. The van der Waals surface area contributed by atoms with Crippen LogP contribution in [-0.2, 0) is 9.53 Å². The summed E-state index contributed by atoms with van der Waals surface area (Å²) in [5, 5.41) is 10.0. The van der Waals surface area contributed by atoms with Crippen LogP contribution in [0.4, 0.5) is 0 Å². The van der Waals surface area contributed by atoms with E-state index in [1.54, 1.807) is 30.3 Å². The molecular formula is C16H18N2O3S. The lowest BCUT2D eigenvalue weighted by Crippen LogP contribution is -2.47. The Labute approximate surface area is 133 Å². The zero-order valence-corrected chi connectivity index (χ0v) is 13.3. The van der Waals surface area contributed by atoms with Gasteiger partial charge in [-0.1, -0.05) is 12.1 Å². The number of hydrogen-bond acceptors (Lipinski definition) is 5. The van der Waals surface area contributed by atoms with Crippen molar-refractivity contribution in [1.82, 2.24) is 4.90 Å². The molecule has 0 aromatic heterocycles. The molecule has 6 heteroatoms. The molecule has 2 aliphatic rings. The Hall–Kier alpha value is -1.79. The maximum Gasteiger partial charge on any atom is 0.286 e. The first-order valence-corrected chi connectivity index (χ1v) is 8.05. The molecule has 2 atom stereocenters. The van der Waals surface area contributed by atoms with Crippen LogP contribution in [0.3, 0.4) is 0 Å². The van der Waals surface area contributed by atoms with Crippen molar-refractivity contribution in [2.24, 2.45) is 4.99 Å². The van der Waals surface area contributed by atoms with Crippen molar-refractivity contribution < 1.29 is 14.6 Å². The van der Waals surface area contributed by atoms with Gasteiger partial charge in [-0.3, -0.25) is 4.79 Å². The molecule has 2 aliphatic heterocycles. The molecule has 0 aliphatic carbocycles. The highest BCUT2D eigenvalue weighted by Crippen LogP contribution is 2.31. The smallest absolute Gasteiger partial charge is 0.286 e. The molecule has 22 heavy (non-hydrogen) atoms. The van der Waals surface area contributed by atoms with E-state index in [0.717, 1.165) is 23.8 Å². The fourth-order valence-electron chi connectivity index (χ4n) is 2.59. The van der Waals surface area contributed by atoms with Crippen LogP contribution in [0, 0.1) is 0 Å². The standard InChI is InChI=1S/C16H18N2O3S/c1-10-8-18(9-11(2)21-10)16-17-15(20)14(22-16)7-12-3-5-13(19)6-4-12/h3-7,10-11,19H,8-9H2,1-2H3. The number of aromatic hydroxyl groups is 1. The quantitative estimate of drug-likeness (QED) is 0.806. The van der Waals surface area contributed by atoms with Crippen molar-refractivity contribution in [2.45, 2.75) is 26.1 Å². The van der Waals surface area contributed by atoms with Crippen molar-refractivity contribution in [3.63, 3.8) is 0 Å². The molecule has 3 rings (SSSR count). The first kappa shape index (κ1) is 15.1. The van der Waals surface area contributed by atoms with Crippen LogP contribution in [0.15, 0.2) is 34.2 Å². The van der Waals surface area contributed by atoms with Crippen LogP contribution in [0.2, 0.25) is 0 Å². The summed E-state index contributed by atoms with van der Waals surface area (Å²) < 4.78 is 5.71. The second-order valence-corrected chi connectivity index (χ2v) is 6.57. The normalized spacial score (nSPS) is 27.4. The first-order chi connectivity index (χ1) is 10.5. The van der Waals surface area contributed by atoms with Gasteiger partial charge in [-0.15, -0.1) is 0 Å². The van der Waals surface area contributed by atoms with Crippen LogP contribution in [-0.4, -0.2) is 46.4 Å². The number of carbonyl (C=O) groups is 1. The number of morpholine rings is 1. The Morgan fingerprint density at radius 2 is 1.91 bits per heavy atom. The molecule has 2 heterocycles. The number of nitrogens with zero attached hydrogens (tertiary/aromatic N) is 2. The van der Waals surface area contributed by atoms with Gasteiger partial charge in [0, 0.05) is 13.1 Å². The van der Waals surface area contributed by atoms with Gasteiger partial charge in [-0.05, 0) is 49.4 Å². The van der Waals surface area contributed by atoms with Gasteiger partial charge >= 0.3 is 0 Å². The largest absolute Gasteiger partial charge is 0.508 e. The summed E-state index contributed by atoms with van der Waals surface area (Å²) in [6.07, 6.45) is 2.07. The van der Waals surface area contributed by atoms with Crippen molar-refractivity contribution in [2.75, 3.05) is 13.1 Å². The Kier molecular flexibility index (Phi) is 4.22. The zero-order chi connectivity index (χ0) is 15.7. The topological polar surface area (TPSA) is 62.1 Å². The highest BCUT2D eigenvalue weighted by Gasteiger charge is 2.30. The van der Waals surface area contributed by atoms with Crippen LogP contribution < -0.4 is 0 Å². The van der Waals surface area contributed by atoms with E-state index in [1.807, 2.05) is 13.8 Å². The molecule has 1 N–H and O–H groups in total. The van der Waals surface area contributed by atoms with Gasteiger partial charge in [-0.2, -0.15) is 4.99 Å². The van der Waals surface area contributed by atoms with E-state index < -0.39 is 0 Å². The lowest BCUT2D eigenvalue weighted by Gasteiger charge is -2.35. The molecule has 1 aromatic rings. The Bertz CT molecular complexity index is 629. The number of carbonyl (C=O) groups excluding carboxylic acids is 1. The van der Waals surface area contributed by atoms with Gasteiger partial charge in [0.1, 0.15) is 5.75 Å². The molecule has 1 fully saturated rings. The van der Waals surface area contributed by atoms with Crippen LogP contribution in [0.1, 0.15) is 19.4 Å². The average molecular weight is 318 g/mol. The fourth-order valence-corrected chi connectivity index (χ4v) is 3.52. The molecule has 1 amide bonds. The molecule has 2 unspecified atom stereocenters. The number of ether oxygens (including phenoxy) is 1. The van der Waals surface area contributed by atoms with Crippen molar-refractivity contribution in [3.05, 3.63) is 34.7 Å². The van der Waals surface area contributed by atoms with Crippen LogP contribution in [0.25, 0.3) is 6.08 Å². The monoisotopic (exact) mass is 318 g/mol. The van der Waals surface area contributed by atoms with E-state index in [0.29, 0.717) is 4.91 Å². The predicted octanol–water partition coefficient (Wildman–Crippen LogP) is 2.47. The number of hydrogen-bond donors (Lipinski definition) is 1. The molecule has 0 bridgehead atoms. The second-order valence-electron chi connectivity index (χ2n) is 5.56. The number of amidine groups is 1. The van der Waals surface area contributed by atoms with Crippen molar-refractivity contribution >= 4 is 28.9 Å². The summed E-state index contributed by atoms with van der Waals surface area (Å²) in [6.45, 7) is 5.54. The van der Waals surface area contributed by atoms with Crippen LogP contribution in [0.5, 0.6) is 5.75 Å². The van der Waals surface area contributed by atoms with E-state index in [4.69, 9.17) is 4.74 Å². The Morgan fingerprint density at radius 1 is 1.27 bits per heavy atom. The fraction of sp³-hybridized carbons (Fsp3) is 0.375. The number of phenolic OH excluding ortho intramolecular Hbond substituents is 1. The molecule has 1 aromatic carbocycles. The maximum atomic E-state index is 12.1. The van der Waals surface area contributed by atoms with Gasteiger partial charge in [0.2, 0.25) is 0 Å². The van der Waals surface area contributed by atoms with Gasteiger partial charge < -0.3 is 14.7 Å². The van der Waals surface area contributed by atoms with Gasteiger partial charge in [0.15, 0.2) is 5.17 Å². The summed E-state index contributed by atoms with van der Waals surface area (Å²) in [4.78, 5) is 19.0. The zero-order valence-electron chi connectivity index (χ0n) is 12.5. The minimum absolute atomic E-state index is 0.132. The molecule has 0 radical (unpaired) electrons. The number of amides is 1. The first-order valence-electron chi connectivity index (χ1n) is 7.23. The van der Waals surface area contributed by atoms with Gasteiger partial charge in [-0.25, -0.2) is 0 Å². The lowest BCUT2D eigenvalue weighted by atomic mass is 10.2. The average Bonchev–Trinajstić information content (AvgIpc) is 2.82. The van der Waals surface area contributed by atoms with E-state index in [1.165, 1.54) is 11.8 Å². The van der Waals surface area contributed by atoms with Crippen LogP contribution >= 0.6 is 11.8 Å². The van der Waals surface area contributed by atoms with Crippen molar-refractivity contribution in [3.8, 4) is 5.75 Å². The molecular weight excluding hydrogens is 300 g/mol. The van der Waals surface area contributed by atoms with E-state index in [9.17, 15) is 9.90 Å². The third-order valence-corrected chi connectivity index (χ3v) is 4.53. The van der Waals surface area contributed by atoms with E-state index in [-0.39, 0.29) is 23.9 Å². The summed E-state index contributed by atoms with van der Waals surface area (Å²) >= 11 is 1.40. The van der Waals surface area contributed by atoms with Gasteiger partial charge in [0.25, 0.3) is 5.91 Å². The molecule has 1 saturated heterocycles. The maximum absolute atomic E-state index is 12.1. The van der Waals surface area contributed by atoms with Gasteiger partial charge in [0.05, 0.1) is 17.1 Å². The number of phenols is 1. The number of thioether (sulfide) groups is 1. The SMILES string of the molecule is CC1CN(C2=NC(=O)C(=Cc3ccc(O)cc3)S2)CC(C)O1. The highest BCUT2D eigenvalue weighted by atomic mass is 32.2. The Balaban J connectivity index is 1.74. The number of benzene rings is 1. The third kappa shape index (κ3) is 3.34. The summed E-state index contributed by atoms with van der Waals surface area (Å²) in [5.74, 6) is 0.000607.